The minimum absolute atomic E-state index is 0.0341. The average molecular weight is 427 g/mol. The number of alkyl halides is 3. The van der Waals surface area contributed by atoms with E-state index in [9.17, 15) is 13.2 Å². The maximum atomic E-state index is 13.9. The van der Waals surface area contributed by atoms with Crippen LogP contribution in [0.1, 0.15) is 32.8 Å². The van der Waals surface area contributed by atoms with Crippen LogP contribution in [-0.2, 0) is 6.18 Å². The third kappa shape index (κ3) is 5.33. The lowest BCUT2D eigenvalue weighted by Crippen LogP contribution is -2.43. The molecular formula is C24H24F3N3O. The largest absolute Gasteiger partial charge is 0.491 e. The summed E-state index contributed by atoms with van der Waals surface area (Å²) in [6, 6.07) is 10.6. The predicted octanol–water partition coefficient (Wildman–Crippen LogP) is 6.61. The van der Waals surface area contributed by atoms with Gasteiger partial charge in [-0.15, -0.1) is 0 Å². The first-order valence-corrected chi connectivity index (χ1v) is 9.90. The van der Waals surface area contributed by atoms with Crippen molar-refractivity contribution in [3.05, 3.63) is 65.6 Å². The van der Waals surface area contributed by atoms with E-state index in [2.05, 4.69) is 9.83 Å². The Morgan fingerprint density at radius 1 is 1.16 bits per heavy atom. The summed E-state index contributed by atoms with van der Waals surface area (Å²) in [4.78, 5) is 7.67. The quantitative estimate of drug-likeness (QED) is 0.450. The number of benzene rings is 2. The highest BCUT2D eigenvalue weighted by Crippen LogP contribution is 2.41. The van der Waals surface area contributed by atoms with Crippen molar-refractivity contribution in [2.75, 3.05) is 6.61 Å². The van der Waals surface area contributed by atoms with E-state index in [1.54, 1.807) is 43.5 Å². The number of pyridine rings is 1. The molecule has 0 saturated heterocycles. The highest BCUT2D eigenvalue weighted by molar-refractivity contribution is 5.97. The third-order valence-electron chi connectivity index (χ3n) is 4.86. The van der Waals surface area contributed by atoms with Crippen molar-refractivity contribution in [2.24, 2.45) is 11.7 Å². The standard InChI is InChI=1S/C24H24F3N3O/c1-15(2)13-23(3,28)14-31-22-8-7-16(10-20(22)24(25,26)27)19-11-17(29-4)12-21-18(19)6-5-9-30-21/h5-12,15H,13-14,28H2,1-3H3/t23-/m0/s1. The second-order valence-corrected chi connectivity index (χ2v) is 8.42. The molecule has 0 fully saturated rings. The molecule has 1 heterocycles. The van der Waals surface area contributed by atoms with Gasteiger partial charge in [-0.25, -0.2) is 4.85 Å². The first kappa shape index (κ1) is 22.6. The van der Waals surface area contributed by atoms with E-state index in [0.717, 1.165) is 6.07 Å². The van der Waals surface area contributed by atoms with Gasteiger partial charge in [-0.05, 0) is 60.7 Å². The minimum atomic E-state index is -4.61. The first-order valence-electron chi connectivity index (χ1n) is 9.90. The van der Waals surface area contributed by atoms with Crippen LogP contribution in [0, 0.1) is 12.5 Å². The Hall–Kier alpha value is -3.11. The van der Waals surface area contributed by atoms with Crippen LogP contribution in [0.25, 0.3) is 26.9 Å². The topological polar surface area (TPSA) is 52.5 Å². The second kappa shape index (κ2) is 8.56. The molecule has 0 saturated carbocycles. The molecule has 31 heavy (non-hydrogen) atoms. The van der Waals surface area contributed by atoms with Crippen molar-refractivity contribution in [3.63, 3.8) is 0 Å². The Morgan fingerprint density at radius 2 is 1.90 bits per heavy atom. The number of rotatable bonds is 6. The van der Waals surface area contributed by atoms with Crippen LogP contribution in [-0.4, -0.2) is 17.1 Å². The van der Waals surface area contributed by atoms with Gasteiger partial charge in [0.1, 0.15) is 12.4 Å². The number of halogens is 3. The molecule has 0 spiro atoms. The molecule has 3 rings (SSSR count). The van der Waals surface area contributed by atoms with Gasteiger partial charge in [0.15, 0.2) is 5.69 Å². The minimum Gasteiger partial charge on any atom is -0.491 e. The zero-order chi connectivity index (χ0) is 22.8. The van der Waals surface area contributed by atoms with Gasteiger partial charge in [0.25, 0.3) is 0 Å². The van der Waals surface area contributed by atoms with Gasteiger partial charge in [0.05, 0.1) is 17.7 Å². The van der Waals surface area contributed by atoms with Gasteiger partial charge < -0.3 is 10.5 Å². The Balaban J connectivity index is 2.06. The van der Waals surface area contributed by atoms with E-state index >= 15 is 0 Å². The van der Waals surface area contributed by atoms with Gasteiger partial charge >= 0.3 is 6.18 Å². The molecule has 0 radical (unpaired) electrons. The molecule has 2 aromatic carbocycles. The van der Waals surface area contributed by atoms with Crippen molar-refractivity contribution < 1.29 is 17.9 Å². The highest BCUT2D eigenvalue weighted by Gasteiger charge is 2.35. The summed E-state index contributed by atoms with van der Waals surface area (Å²) in [7, 11) is 0. The van der Waals surface area contributed by atoms with Crippen LogP contribution in [0.3, 0.4) is 0 Å². The monoisotopic (exact) mass is 427 g/mol. The SMILES string of the molecule is [C-]#[N+]c1cc(-c2ccc(OC[C@@](C)(N)CC(C)C)c(C(F)(F)F)c2)c2cccnc2c1. The van der Waals surface area contributed by atoms with Crippen LogP contribution in [0.15, 0.2) is 48.7 Å². The normalized spacial score (nSPS) is 13.8. The predicted molar refractivity (Wildman–Crippen MR) is 116 cm³/mol. The van der Waals surface area contributed by atoms with E-state index in [1.165, 1.54) is 6.07 Å². The molecule has 1 atom stereocenters. The van der Waals surface area contributed by atoms with Crippen LogP contribution < -0.4 is 10.5 Å². The van der Waals surface area contributed by atoms with Crippen LogP contribution in [0.2, 0.25) is 0 Å². The van der Waals surface area contributed by atoms with E-state index in [0.29, 0.717) is 40.1 Å². The van der Waals surface area contributed by atoms with Crippen molar-refractivity contribution in [2.45, 2.75) is 38.9 Å². The van der Waals surface area contributed by atoms with Gasteiger partial charge in [0, 0.05) is 17.1 Å². The number of fused-ring (bicyclic) bond motifs is 1. The van der Waals surface area contributed by atoms with Crippen molar-refractivity contribution in [1.29, 1.82) is 0 Å². The maximum absolute atomic E-state index is 13.9. The Labute approximate surface area is 179 Å². The lowest BCUT2D eigenvalue weighted by molar-refractivity contribution is -0.139. The van der Waals surface area contributed by atoms with Gasteiger partial charge in [-0.2, -0.15) is 13.2 Å². The van der Waals surface area contributed by atoms with E-state index in [4.69, 9.17) is 17.0 Å². The van der Waals surface area contributed by atoms with Crippen molar-refractivity contribution in [3.8, 4) is 16.9 Å². The summed E-state index contributed by atoms with van der Waals surface area (Å²) in [5, 5.41) is 0.670. The number of hydrogen-bond donors (Lipinski definition) is 1. The fraction of sp³-hybridized carbons (Fsp3) is 0.333. The fourth-order valence-corrected chi connectivity index (χ4v) is 3.75. The maximum Gasteiger partial charge on any atom is 0.419 e. The molecule has 0 aliphatic carbocycles. The van der Waals surface area contributed by atoms with Crippen molar-refractivity contribution >= 4 is 16.6 Å². The smallest absolute Gasteiger partial charge is 0.419 e. The molecule has 0 aliphatic heterocycles. The lowest BCUT2D eigenvalue weighted by Gasteiger charge is -2.27. The molecule has 1 aromatic heterocycles. The number of nitrogens with two attached hydrogens (primary N) is 1. The number of aromatic nitrogens is 1. The zero-order valence-electron chi connectivity index (χ0n) is 17.6. The number of ether oxygens (including phenoxy) is 1. The molecule has 4 nitrogen and oxygen atoms in total. The first-order chi connectivity index (χ1) is 14.5. The van der Waals surface area contributed by atoms with E-state index in [-0.39, 0.29) is 12.4 Å². The van der Waals surface area contributed by atoms with Gasteiger partial charge in [-0.3, -0.25) is 4.98 Å². The molecular weight excluding hydrogens is 403 g/mol. The Bertz CT molecular complexity index is 1130. The number of hydrogen-bond acceptors (Lipinski definition) is 3. The lowest BCUT2D eigenvalue weighted by atomic mass is 9.92. The summed E-state index contributed by atoms with van der Waals surface area (Å²) in [5.74, 6) is 0.0279. The molecule has 2 N–H and O–H groups in total. The molecule has 0 bridgehead atoms. The summed E-state index contributed by atoms with van der Waals surface area (Å²) < 4.78 is 47.1. The molecule has 0 aliphatic rings. The van der Waals surface area contributed by atoms with E-state index in [1.807, 2.05) is 13.8 Å². The van der Waals surface area contributed by atoms with Crippen LogP contribution in [0.5, 0.6) is 5.75 Å². The average Bonchev–Trinajstić information content (AvgIpc) is 2.69. The van der Waals surface area contributed by atoms with E-state index < -0.39 is 17.3 Å². The highest BCUT2D eigenvalue weighted by atomic mass is 19.4. The summed E-state index contributed by atoms with van der Waals surface area (Å²) in [5.41, 5.74) is 6.27. The Kier molecular flexibility index (Phi) is 6.23. The Morgan fingerprint density at radius 3 is 2.55 bits per heavy atom. The molecule has 0 unspecified atom stereocenters. The summed E-state index contributed by atoms with van der Waals surface area (Å²) in [6.45, 7) is 13.0. The molecule has 0 amide bonds. The molecule has 7 heteroatoms. The van der Waals surface area contributed by atoms with Crippen LogP contribution in [0.4, 0.5) is 18.9 Å². The molecule has 162 valence electrons. The second-order valence-electron chi connectivity index (χ2n) is 8.42. The van der Waals surface area contributed by atoms with Gasteiger partial charge in [0.2, 0.25) is 0 Å². The number of nitrogens with zero attached hydrogens (tertiary/aromatic N) is 2. The summed E-state index contributed by atoms with van der Waals surface area (Å²) >= 11 is 0. The van der Waals surface area contributed by atoms with Gasteiger partial charge in [-0.1, -0.05) is 26.0 Å². The summed E-state index contributed by atoms with van der Waals surface area (Å²) in [6.07, 6.45) is -2.41. The van der Waals surface area contributed by atoms with Crippen molar-refractivity contribution in [1.82, 2.24) is 4.98 Å². The molecule has 3 aromatic rings. The fourth-order valence-electron chi connectivity index (χ4n) is 3.75. The zero-order valence-corrected chi connectivity index (χ0v) is 17.6. The van der Waals surface area contributed by atoms with Crippen LogP contribution >= 0.6 is 0 Å². The third-order valence-corrected chi connectivity index (χ3v) is 4.86.